The van der Waals surface area contributed by atoms with Gasteiger partial charge in [0, 0.05) is 0 Å². The Morgan fingerprint density at radius 3 is 1.95 bits per heavy atom. The van der Waals surface area contributed by atoms with Gasteiger partial charge in [-0.25, -0.2) is 0 Å². The van der Waals surface area contributed by atoms with Crippen molar-refractivity contribution in [2.75, 3.05) is 0 Å². The molecule has 0 saturated carbocycles. The zero-order valence-electron chi connectivity index (χ0n) is 13.4. The lowest BCUT2D eigenvalue weighted by Gasteiger charge is -2.16. The van der Waals surface area contributed by atoms with Crippen LogP contribution < -0.4 is 0 Å². The predicted molar refractivity (Wildman–Crippen MR) is 99.8 cm³/mol. The molecule has 0 amide bonds. The van der Waals surface area contributed by atoms with Crippen LogP contribution in [0.5, 0.6) is 0 Å². The zero-order chi connectivity index (χ0) is 15.4. The molecule has 1 aromatic rings. The second-order valence-electron chi connectivity index (χ2n) is 6.07. The molecule has 3 heteroatoms. The third-order valence-electron chi connectivity index (χ3n) is 4.02. The van der Waals surface area contributed by atoms with Crippen molar-refractivity contribution in [3.63, 3.8) is 0 Å². The molecule has 0 unspecified atom stereocenters. The van der Waals surface area contributed by atoms with Crippen molar-refractivity contribution in [3.05, 3.63) is 35.9 Å². The Labute approximate surface area is 141 Å². The van der Waals surface area contributed by atoms with Crippen LogP contribution in [0.2, 0.25) is 12.1 Å². The van der Waals surface area contributed by atoms with E-state index in [-0.39, 0.29) is 0 Å². The number of halogens is 2. The summed E-state index contributed by atoms with van der Waals surface area (Å²) in [5, 5.41) is 0. The fourth-order valence-electron chi connectivity index (χ4n) is 2.61. The molecule has 0 saturated heterocycles. The van der Waals surface area contributed by atoms with Gasteiger partial charge in [0.2, 0.25) is 0 Å². The van der Waals surface area contributed by atoms with E-state index in [4.69, 9.17) is 22.2 Å². The van der Waals surface area contributed by atoms with Crippen molar-refractivity contribution in [1.29, 1.82) is 0 Å². The van der Waals surface area contributed by atoms with Crippen LogP contribution in [0.4, 0.5) is 0 Å². The Morgan fingerprint density at radius 2 is 1.33 bits per heavy atom. The SMILES string of the molecule is CCCCCCCCCC[Si](Cl)(Cl)CCc1ccccc1. The molecule has 0 spiro atoms. The van der Waals surface area contributed by atoms with Crippen molar-refractivity contribution < 1.29 is 0 Å². The van der Waals surface area contributed by atoms with Crippen LogP contribution in [-0.4, -0.2) is 6.69 Å². The maximum Gasteiger partial charge on any atom is 0.251 e. The molecule has 0 aromatic heterocycles. The lowest BCUT2D eigenvalue weighted by atomic mass is 10.1. The molecule has 0 bridgehead atoms. The molecular formula is C18H30Cl2Si. The van der Waals surface area contributed by atoms with E-state index in [1.807, 2.05) is 0 Å². The third-order valence-corrected chi connectivity index (χ3v) is 8.35. The highest BCUT2D eigenvalue weighted by Crippen LogP contribution is 2.29. The highest BCUT2D eigenvalue weighted by Gasteiger charge is 2.27. The van der Waals surface area contributed by atoms with Crippen LogP contribution in [0.3, 0.4) is 0 Å². The smallest absolute Gasteiger partial charge is 0.146 e. The van der Waals surface area contributed by atoms with Gasteiger partial charge in [0.15, 0.2) is 0 Å². The van der Waals surface area contributed by atoms with Crippen LogP contribution in [0, 0.1) is 0 Å². The monoisotopic (exact) mass is 344 g/mol. The average molecular weight is 345 g/mol. The summed E-state index contributed by atoms with van der Waals surface area (Å²) in [6.07, 6.45) is 11.8. The average Bonchev–Trinajstić information content (AvgIpc) is 2.49. The summed E-state index contributed by atoms with van der Waals surface area (Å²) in [7, 11) is 0. The minimum Gasteiger partial charge on any atom is -0.146 e. The standard InChI is InChI=1S/C18H30Cl2Si/c1-2-3-4-5-6-7-8-12-16-21(19,20)17-15-18-13-10-9-11-14-18/h9-11,13-14H,2-8,12,15-17H2,1H3. The zero-order valence-corrected chi connectivity index (χ0v) is 15.9. The van der Waals surface area contributed by atoms with Crippen LogP contribution in [0.25, 0.3) is 0 Å². The Morgan fingerprint density at radius 1 is 0.762 bits per heavy atom. The van der Waals surface area contributed by atoms with E-state index >= 15 is 0 Å². The molecule has 0 aliphatic rings. The van der Waals surface area contributed by atoms with E-state index in [0.717, 1.165) is 18.5 Å². The first-order valence-corrected chi connectivity index (χ1v) is 13.0. The summed E-state index contributed by atoms with van der Waals surface area (Å²) in [4.78, 5) is 0. The first-order valence-electron chi connectivity index (χ1n) is 8.56. The summed E-state index contributed by atoms with van der Waals surface area (Å²) < 4.78 is 0. The summed E-state index contributed by atoms with van der Waals surface area (Å²) in [6.45, 7) is 0.242. The first-order chi connectivity index (χ1) is 10.1. The fraction of sp³-hybridized carbons (Fsp3) is 0.667. The Kier molecular flexibility index (Phi) is 10.5. The molecule has 0 aliphatic heterocycles. The molecule has 0 fully saturated rings. The summed E-state index contributed by atoms with van der Waals surface area (Å²) in [5.74, 6) is 0. The Balaban J connectivity index is 2.04. The van der Waals surface area contributed by atoms with Gasteiger partial charge in [-0.05, 0) is 24.1 Å². The van der Waals surface area contributed by atoms with E-state index in [0.29, 0.717) is 0 Å². The van der Waals surface area contributed by atoms with Gasteiger partial charge in [0.05, 0.1) is 0 Å². The number of hydrogen-bond acceptors (Lipinski definition) is 0. The van der Waals surface area contributed by atoms with Gasteiger partial charge >= 0.3 is 0 Å². The van der Waals surface area contributed by atoms with Crippen molar-refractivity contribution in [1.82, 2.24) is 0 Å². The first kappa shape index (κ1) is 19.1. The topological polar surface area (TPSA) is 0 Å². The Bertz CT molecular complexity index is 351. The van der Waals surface area contributed by atoms with Crippen molar-refractivity contribution in [3.8, 4) is 0 Å². The minimum atomic E-state index is -2.02. The van der Waals surface area contributed by atoms with Crippen molar-refractivity contribution in [2.24, 2.45) is 0 Å². The minimum absolute atomic E-state index is 0.983. The quantitative estimate of drug-likeness (QED) is 0.212. The lowest BCUT2D eigenvalue weighted by molar-refractivity contribution is 0.584. The van der Waals surface area contributed by atoms with Gasteiger partial charge in [0.1, 0.15) is 0 Å². The van der Waals surface area contributed by atoms with E-state index in [1.165, 1.54) is 56.9 Å². The number of aryl methyl sites for hydroxylation is 1. The molecule has 1 aromatic carbocycles. The number of benzene rings is 1. The molecule has 1 rings (SSSR count). The van der Waals surface area contributed by atoms with E-state index < -0.39 is 6.69 Å². The van der Waals surface area contributed by atoms with Gasteiger partial charge in [-0.15, -0.1) is 22.2 Å². The van der Waals surface area contributed by atoms with Crippen LogP contribution >= 0.6 is 22.2 Å². The van der Waals surface area contributed by atoms with Gasteiger partial charge in [-0.3, -0.25) is 0 Å². The largest absolute Gasteiger partial charge is 0.251 e. The number of rotatable bonds is 12. The fourth-order valence-corrected chi connectivity index (χ4v) is 5.65. The molecular weight excluding hydrogens is 315 g/mol. The highest BCUT2D eigenvalue weighted by atomic mass is 35.7. The molecule has 0 N–H and O–H groups in total. The summed E-state index contributed by atoms with van der Waals surface area (Å²) in [6, 6.07) is 12.6. The van der Waals surface area contributed by atoms with E-state index in [9.17, 15) is 0 Å². The highest BCUT2D eigenvalue weighted by molar-refractivity contribution is 7.45. The van der Waals surface area contributed by atoms with Crippen LogP contribution in [0.1, 0.15) is 63.9 Å². The summed E-state index contributed by atoms with van der Waals surface area (Å²) >= 11 is 13.1. The Hall–Kier alpha value is 0.0169. The van der Waals surface area contributed by atoms with Gasteiger partial charge < -0.3 is 0 Å². The number of unbranched alkanes of at least 4 members (excludes halogenated alkanes) is 7. The maximum atomic E-state index is 6.57. The third kappa shape index (κ3) is 10.4. The van der Waals surface area contributed by atoms with Crippen molar-refractivity contribution in [2.45, 2.75) is 76.8 Å². The predicted octanol–water partition coefficient (Wildman–Crippen LogP) is 7.29. The molecule has 0 atom stereocenters. The van der Waals surface area contributed by atoms with Crippen LogP contribution in [-0.2, 0) is 6.42 Å². The van der Waals surface area contributed by atoms with Gasteiger partial charge in [-0.1, -0.05) is 88.6 Å². The van der Waals surface area contributed by atoms with Crippen LogP contribution in [0.15, 0.2) is 30.3 Å². The molecule has 21 heavy (non-hydrogen) atoms. The second-order valence-corrected chi connectivity index (χ2v) is 13.7. The molecule has 0 radical (unpaired) electrons. The lowest BCUT2D eigenvalue weighted by Crippen LogP contribution is -2.19. The molecule has 0 aliphatic carbocycles. The van der Waals surface area contributed by atoms with Gasteiger partial charge in [-0.2, -0.15) is 0 Å². The summed E-state index contributed by atoms with van der Waals surface area (Å²) in [5.41, 5.74) is 1.35. The molecule has 0 nitrogen and oxygen atoms in total. The molecule has 120 valence electrons. The second kappa shape index (κ2) is 11.6. The van der Waals surface area contributed by atoms with E-state index in [2.05, 4.69) is 37.3 Å². The number of hydrogen-bond donors (Lipinski definition) is 0. The normalized spacial score (nSPS) is 11.8. The molecule has 0 heterocycles. The van der Waals surface area contributed by atoms with Crippen molar-refractivity contribution >= 4 is 28.9 Å². The van der Waals surface area contributed by atoms with E-state index in [1.54, 1.807) is 0 Å². The maximum absolute atomic E-state index is 6.57. The van der Waals surface area contributed by atoms with Gasteiger partial charge in [0.25, 0.3) is 6.69 Å².